The molecule has 8 nitrogen and oxygen atoms in total. The lowest BCUT2D eigenvalue weighted by molar-refractivity contribution is -0.117. The highest BCUT2D eigenvalue weighted by atomic mass is 32.1. The third-order valence-corrected chi connectivity index (χ3v) is 6.54. The zero-order valence-corrected chi connectivity index (χ0v) is 19.1. The highest BCUT2D eigenvalue weighted by molar-refractivity contribution is 7.22. The molecule has 0 bridgehead atoms. The third-order valence-electron chi connectivity index (χ3n) is 5.34. The van der Waals surface area contributed by atoms with Gasteiger partial charge in [-0.05, 0) is 40.3 Å². The molecule has 176 valence electrons. The number of rotatable bonds is 8. The lowest BCUT2D eigenvalue weighted by Crippen LogP contribution is -2.14. The second kappa shape index (κ2) is 9.55. The van der Waals surface area contributed by atoms with Gasteiger partial charge in [-0.15, -0.1) is 16.4 Å². The first-order valence-corrected chi connectivity index (χ1v) is 11.5. The first-order valence-electron chi connectivity index (χ1n) is 10.7. The minimum atomic E-state index is -0.555. The van der Waals surface area contributed by atoms with Gasteiger partial charge in [0.05, 0.1) is 30.2 Å². The van der Waals surface area contributed by atoms with E-state index in [9.17, 15) is 13.6 Å². The van der Waals surface area contributed by atoms with Crippen molar-refractivity contribution in [1.29, 1.82) is 0 Å². The van der Waals surface area contributed by atoms with Crippen molar-refractivity contribution < 1.29 is 13.6 Å². The monoisotopic (exact) mass is 491 g/mol. The molecule has 0 spiro atoms. The van der Waals surface area contributed by atoms with Gasteiger partial charge in [0.15, 0.2) is 5.82 Å². The molecule has 0 saturated heterocycles. The Hall–Kier alpha value is -4.25. The van der Waals surface area contributed by atoms with Gasteiger partial charge in [-0.1, -0.05) is 29.5 Å². The zero-order chi connectivity index (χ0) is 24.4. The zero-order valence-electron chi connectivity index (χ0n) is 18.3. The number of thiophene rings is 1. The molecule has 3 N–H and O–H groups in total. The molecule has 5 aromatic rings. The molecule has 2 aromatic carbocycles. The fraction of sp³-hybridized carbons (Fsp3) is 0.125. The normalized spacial score (nSPS) is 11.1. The van der Waals surface area contributed by atoms with E-state index in [4.69, 9.17) is 5.73 Å². The van der Waals surface area contributed by atoms with Crippen LogP contribution < -0.4 is 11.1 Å². The van der Waals surface area contributed by atoms with Crippen LogP contribution in [-0.2, 0) is 17.8 Å². The number of hydrogen-bond acceptors (Lipinski definition) is 7. The Bertz CT molecular complexity index is 1520. The van der Waals surface area contributed by atoms with Crippen LogP contribution in [0.3, 0.4) is 0 Å². The Morgan fingerprint density at radius 1 is 1.14 bits per heavy atom. The number of benzene rings is 2. The van der Waals surface area contributed by atoms with Gasteiger partial charge in [0, 0.05) is 17.4 Å². The Balaban J connectivity index is 1.50. The number of nitrogens with two attached hydrogens (primary N) is 1. The van der Waals surface area contributed by atoms with Gasteiger partial charge in [0.2, 0.25) is 11.9 Å². The molecular formula is C24H19F2N7OS. The first-order chi connectivity index (χ1) is 17.0. The number of carbonyl (C=O) groups excluding carboxylic acids is 1. The van der Waals surface area contributed by atoms with Gasteiger partial charge >= 0.3 is 0 Å². The summed E-state index contributed by atoms with van der Waals surface area (Å²) >= 11 is 1.33. The molecule has 0 aliphatic heterocycles. The Labute approximate surface area is 202 Å². The van der Waals surface area contributed by atoms with E-state index in [-0.39, 0.29) is 18.1 Å². The van der Waals surface area contributed by atoms with Crippen molar-refractivity contribution in [1.82, 2.24) is 25.0 Å². The van der Waals surface area contributed by atoms with Crippen LogP contribution in [0, 0.1) is 11.6 Å². The molecular weight excluding hydrogens is 472 g/mol. The molecule has 0 fully saturated rings. The molecule has 3 heterocycles. The minimum absolute atomic E-state index is 0.0194. The average Bonchev–Trinajstić information content (AvgIpc) is 3.51. The molecule has 1 amide bonds. The molecule has 11 heteroatoms. The number of fused-ring (bicyclic) bond motifs is 1. The second-order valence-electron chi connectivity index (χ2n) is 7.76. The summed E-state index contributed by atoms with van der Waals surface area (Å²) < 4.78 is 31.4. The van der Waals surface area contributed by atoms with Gasteiger partial charge in [-0.3, -0.25) is 9.48 Å². The minimum Gasteiger partial charge on any atom is -0.369 e. The molecule has 0 aliphatic rings. The number of amides is 1. The van der Waals surface area contributed by atoms with Crippen LogP contribution in [0.1, 0.15) is 5.56 Å². The number of carbonyl (C=O) groups is 1. The van der Waals surface area contributed by atoms with E-state index in [2.05, 4.69) is 25.6 Å². The molecule has 0 radical (unpaired) electrons. The SMILES string of the molecule is NC(=O)Cc1ccc(F)cc1-c1cccc2cc(-c3nc(NCCn4ccnn4)ncc3F)sc12. The van der Waals surface area contributed by atoms with Crippen molar-refractivity contribution in [3.8, 4) is 21.7 Å². The van der Waals surface area contributed by atoms with E-state index in [1.54, 1.807) is 23.1 Å². The van der Waals surface area contributed by atoms with E-state index in [1.165, 1.54) is 23.5 Å². The van der Waals surface area contributed by atoms with Crippen LogP contribution in [0.2, 0.25) is 0 Å². The largest absolute Gasteiger partial charge is 0.369 e. The standard InChI is InChI=1S/C24H19F2N7OS/c25-16-5-4-14(11-21(27)34)18(12-16)17-3-1-2-15-10-20(35-23(15)17)22-19(26)13-29-24(31-22)28-6-8-33-9-7-30-32-33/h1-5,7,9-10,12-13H,6,8,11H2,(H2,27,34)(H,28,29,31). The topological polar surface area (TPSA) is 112 Å². The number of aromatic nitrogens is 5. The maximum Gasteiger partial charge on any atom is 0.223 e. The van der Waals surface area contributed by atoms with Gasteiger partial charge < -0.3 is 11.1 Å². The highest BCUT2D eigenvalue weighted by Gasteiger charge is 2.17. The van der Waals surface area contributed by atoms with Gasteiger partial charge in [0.1, 0.15) is 11.5 Å². The highest BCUT2D eigenvalue weighted by Crippen LogP contribution is 2.40. The molecule has 5 rings (SSSR count). The summed E-state index contributed by atoms with van der Waals surface area (Å²) in [6.07, 6.45) is 4.43. The van der Waals surface area contributed by atoms with Crippen LogP contribution in [-0.4, -0.2) is 37.4 Å². The number of halogens is 2. The van der Waals surface area contributed by atoms with E-state index >= 15 is 0 Å². The lowest BCUT2D eigenvalue weighted by Gasteiger charge is -2.10. The Kier molecular flexibility index (Phi) is 6.15. The maximum absolute atomic E-state index is 14.7. The van der Waals surface area contributed by atoms with Crippen molar-refractivity contribution in [2.24, 2.45) is 5.73 Å². The smallest absolute Gasteiger partial charge is 0.223 e. The maximum atomic E-state index is 14.7. The summed E-state index contributed by atoms with van der Waals surface area (Å²) in [7, 11) is 0. The Morgan fingerprint density at radius 3 is 2.83 bits per heavy atom. The summed E-state index contributed by atoms with van der Waals surface area (Å²) in [5.74, 6) is -1.21. The van der Waals surface area contributed by atoms with Crippen molar-refractivity contribution in [3.63, 3.8) is 0 Å². The average molecular weight is 492 g/mol. The fourth-order valence-electron chi connectivity index (χ4n) is 3.79. The van der Waals surface area contributed by atoms with Gasteiger partial charge in [0.25, 0.3) is 0 Å². The van der Waals surface area contributed by atoms with Crippen LogP contribution in [0.15, 0.2) is 61.1 Å². The molecule has 35 heavy (non-hydrogen) atoms. The summed E-state index contributed by atoms with van der Waals surface area (Å²) in [6.45, 7) is 1.02. The summed E-state index contributed by atoms with van der Waals surface area (Å²) in [5.41, 5.74) is 7.48. The van der Waals surface area contributed by atoms with Crippen molar-refractivity contribution in [3.05, 3.63) is 78.3 Å². The van der Waals surface area contributed by atoms with Gasteiger partial charge in [-0.2, -0.15) is 0 Å². The quantitative estimate of drug-likeness (QED) is 0.339. The van der Waals surface area contributed by atoms with E-state index in [0.29, 0.717) is 29.1 Å². The number of hydrogen-bond donors (Lipinski definition) is 2. The number of nitrogens with zero attached hydrogens (tertiary/aromatic N) is 5. The second-order valence-corrected chi connectivity index (χ2v) is 8.81. The lowest BCUT2D eigenvalue weighted by atomic mass is 9.96. The summed E-state index contributed by atoms with van der Waals surface area (Å²) in [6, 6.07) is 11.6. The van der Waals surface area contributed by atoms with E-state index in [0.717, 1.165) is 21.8 Å². The molecule has 3 aromatic heterocycles. The van der Waals surface area contributed by atoms with Crippen molar-refractivity contribution >= 4 is 33.3 Å². The molecule has 0 atom stereocenters. The summed E-state index contributed by atoms with van der Waals surface area (Å²) in [4.78, 5) is 20.6. The van der Waals surface area contributed by atoms with Crippen molar-refractivity contribution in [2.45, 2.75) is 13.0 Å². The summed E-state index contributed by atoms with van der Waals surface area (Å²) in [5, 5.41) is 11.5. The van der Waals surface area contributed by atoms with Gasteiger partial charge in [-0.25, -0.2) is 18.7 Å². The van der Waals surface area contributed by atoms with E-state index < -0.39 is 17.5 Å². The van der Waals surface area contributed by atoms with Crippen LogP contribution in [0.4, 0.5) is 14.7 Å². The van der Waals surface area contributed by atoms with Crippen molar-refractivity contribution in [2.75, 3.05) is 11.9 Å². The predicted octanol–water partition coefficient (Wildman–Crippen LogP) is 4.03. The van der Waals surface area contributed by atoms with Crippen LogP contribution in [0.5, 0.6) is 0 Å². The van der Waals surface area contributed by atoms with Crippen LogP contribution >= 0.6 is 11.3 Å². The predicted molar refractivity (Wildman–Crippen MR) is 130 cm³/mol. The molecule has 0 aliphatic carbocycles. The van der Waals surface area contributed by atoms with E-state index in [1.807, 2.05) is 24.3 Å². The molecule has 0 saturated carbocycles. The number of nitrogens with one attached hydrogen (secondary N) is 1. The Morgan fingerprint density at radius 2 is 2.03 bits per heavy atom. The number of anilines is 1. The first kappa shape index (κ1) is 22.5. The fourth-order valence-corrected chi connectivity index (χ4v) is 4.97. The molecule has 0 unspecified atom stereocenters. The third kappa shape index (κ3) is 4.85. The van der Waals surface area contributed by atoms with Crippen LogP contribution in [0.25, 0.3) is 31.8 Å². The number of primary amides is 1.